The van der Waals surface area contributed by atoms with E-state index >= 15 is 0 Å². The van der Waals surface area contributed by atoms with Gasteiger partial charge in [-0.2, -0.15) is 0 Å². The summed E-state index contributed by atoms with van der Waals surface area (Å²) in [4.78, 5) is 0. The first-order valence-corrected chi connectivity index (χ1v) is 8.52. The summed E-state index contributed by atoms with van der Waals surface area (Å²) >= 11 is 0. The second-order valence-corrected chi connectivity index (χ2v) is 6.59. The van der Waals surface area contributed by atoms with E-state index in [2.05, 4.69) is 62.4 Å². The fourth-order valence-electron chi connectivity index (χ4n) is 3.23. The van der Waals surface area contributed by atoms with Crippen molar-refractivity contribution < 1.29 is 5.11 Å². The molecule has 4 aromatic carbocycles. The second kappa shape index (κ2) is 6.10. The normalized spacial score (nSPS) is 11.0. The number of hydrogen-bond donors (Lipinski definition) is 1. The van der Waals surface area contributed by atoms with E-state index in [-0.39, 0.29) is 0 Å². The van der Waals surface area contributed by atoms with Gasteiger partial charge >= 0.3 is 0 Å². The Balaban J connectivity index is 1.74. The van der Waals surface area contributed by atoms with Crippen molar-refractivity contribution in [3.05, 3.63) is 90.0 Å². The lowest BCUT2D eigenvalue weighted by Gasteiger charge is -2.09. The first-order valence-electron chi connectivity index (χ1n) is 8.52. The quantitative estimate of drug-likeness (QED) is 0.446. The van der Waals surface area contributed by atoms with Crippen molar-refractivity contribution in [3.63, 3.8) is 0 Å². The third-order valence-corrected chi connectivity index (χ3v) is 4.90. The second-order valence-electron chi connectivity index (χ2n) is 6.59. The summed E-state index contributed by atoms with van der Waals surface area (Å²) in [5.41, 5.74) is 7.19. The van der Waals surface area contributed by atoms with Crippen molar-refractivity contribution in [1.82, 2.24) is 0 Å². The minimum Gasteiger partial charge on any atom is -0.507 e. The number of benzene rings is 4. The van der Waals surface area contributed by atoms with Crippen LogP contribution in [-0.4, -0.2) is 5.11 Å². The summed E-state index contributed by atoms with van der Waals surface area (Å²) in [5, 5.41) is 12.2. The maximum absolute atomic E-state index is 10.3. The Kier molecular flexibility index (Phi) is 3.77. The van der Waals surface area contributed by atoms with E-state index in [9.17, 15) is 5.11 Å². The van der Waals surface area contributed by atoms with E-state index in [0.717, 1.165) is 21.9 Å². The van der Waals surface area contributed by atoms with Gasteiger partial charge in [0.15, 0.2) is 0 Å². The Morgan fingerprint density at radius 3 is 1.92 bits per heavy atom. The Bertz CT molecular complexity index is 1060. The van der Waals surface area contributed by atoms with Gasteiger partial charge in [-0.05, 0) is 64.7 Å². The first kappa shape index (κ1) is 15.5. The molecule has 4 rings (SSSR count). The lowest BCUT2D eigenvalue weighted by Crippen LogP contribution is -1.85. The van der Waals surface area contributed by atoms with Gasteiger partial charge in [0, 0.05) is 5.39 Å². The van der Waals surface area contributed by atoms with Crippen molar-refractivity contribution in [2.75, 3.05) is 0 Å². The molecular formula is C24H20O. The van der Waals surface area contributed by atoms with E-state index < -0.39 is 0 Å². The summed E-state index contributed by atoms with van der Waals surface area (Å²) in [7, 11) is 0. The largest absolute Gasteiger partial charge is 0.507 e. The molecule has 0 aliphatic rings. The molecule has 0 spiro atoms. The van der Waals surface area contributed by atoms with Gasteiger partial charge in [0.25, 0.3) is 0 Å². The molecule has 0 fully saturated rings. The molecule has 0 saturated carbocycles. The van der Waals surface area contributed by atoms with Crippen LogP contribution in [0.25, 0.3) is 33.0 Å². The summed E-state index contributed by atoms with van der Waals surface area (Å²) in [6.45, 7) is 4.28. The fraction of sp³-hybridized carbons (Fsp3) is 0.0833. The van der Waals surface area contributed by atoms with Crippen molar-refractivity contribution in [2.24, 2.45) is 0 Å². The molecule has 25 heavy (non-hydrogen) atoms. The lowest BCUT2D eigenvalue weighted by molar-refractivity contribution is 0.482. The Labute approximate surface area is 148 Å². The summed E-state index contributed by atoms with van der Waals surface area (Å²) in [6.07, 6.45) is 0. The van der Waals surface area contributed by atoms with E-state index in [4.69, 9.17) is 0 Å². The van der Waals surface area contributed by atoms with Crippen molar-refractivity contribution >= 4 is 10.8 Å². The van der Waals surface area contributed by atoms with Crippen molar-refractivity contribution in [1.29, 1.82) is 0 Å². The average Bonchev–Trinajstić information content (AvgIpc) is 2.64. The Hall–Kier alpha value is -3.06. The number of aromatic hydroxyl groups is 1. The van der Waals surface area contributed by atoms with Crippen LogP contribution in [0.2, 0.25) is 0 Å². The average molecular weight is 324 g/mol. The molecular weight excluding hydrogens is 304 g/mol. The third-order valence-electron chi connectivity index (χ3n) is 4.90. The molecule has 0 heterocycles. The SMILES string of the molecule is Cc1ccc(-c2ccc(-c3cc(O)c4ccccc4c3)cc2)cc1C. The zero-order valence-electron chi connectivity index (χ0n) is 14.5. The van der Waals surface area contributed by atoms with Gasteiger partial charge in [-0.1, -0.05) is 66.7 Å². The summed E-state index contributed by atoms with van der Waals surface area (Å²) in [6, 6.07) is 27.0. The van der Waals surface area contributed by atoms with Crippen LogP contribution in [-0.2, 0) is 0 Å². The zero-order chi connectivity index (χ0) is 17.4. The molecule has 122 valence electrons. The van der Waals surface area contributed by atoms with E-state index in [0.29, 0.717) is 5.75 Å². The molecule has 0 bridgehead atoms. The molecule has 0 aliphatic heterocycles. The molecule has 0 amide bonds. The highest BCUT2D eigenvalue weighted by Gasteiger charge is 2.06. The van der Waals surface area contributed by atoms with Crippen LogP contribution in [0.5, 0.6) is 5.75 Å². The topological polar surface area (TPSA) is 20.2 Å². The number of rotatable bonds is 2. The molecule has 4 aromatic rings. The van der Waals surface area contributed by atoms with Gasteiger partial charge < -0.3 is 5.11 Å². The molecule has 1 heteroatoms. The molecule has 0 aromatic heterocycles. The lowest BCUT2D eigenvalue weighted by atomic mass is 9.96. The predicted octanol–water partition coefficient (Wildman–Crippen LogP) is 6.50. The molecule has 0 saturated heterocycles. The smallest absolute Gasteiger partial charge is 0.124 e. The number of hydrogen-bond acceptors (Lipinski definition) is 1. The minimum absolute atomic E-state index is 0.325. The minimum atomic E-state index is 0.325. The van der Waals surface area contributed by atoms with Gasteiger partial charge in [0.05, 0.1) is 0 Å². The monoisotopic (exact) mass is 324 g/mol. The van der Waals surface area contributed by atoms with Crippen LogP contribution >= 0.6 is 0 Å². The van der Waals surface area contributed by atoms with E-state index in [1.54, 1.807) is 0 Å². The van der Waals surface area contributed by atoms with Crippen molar-refractivity contribution in [2.45, 2.75) is 13.8 Å². The van der Waals surface area contributed by atoms with Gasteiger partial charge in [0.2, 0.25) is 0 Å². The Morgan fingerprint density at radius 2 is 1.20 bits per heavy atom. The highest BCUT2D eigenvalue weighted by atomic mass is 16.3. The number of aryl methyl sites for hydroxylation is 2. The summed E-state index contributed by atoms with van der Waals surface area (Å²) in [5.74, 6) is 0.325. The molecule has 1 nitrogen and oxygen atoms in total. The van der Waals surface area contributed by atoms with Gasteiger partial charge in [-0.15, -0.1) is 0 Å². The third kappa shape index (κ3) is 2.89. The summed E-state index contributed by atoms with van der Waals surface area (Å²) < 4.78 is 0. The van der Waals surface area contributed by atoms with E-state index in [1.807, 2.05) is 30.3 Å². The molecule has 1 N–H and O–H groups in total. The van der Waals surface area contributed by atoms with Gasteiger partial charge in [-0.25, -0.2) is 0 Å². The highest BCUT2D eigenvalue weighted by Crippen LogP contribution is 2.32. The molecule has 0 atom stereocenters. The van der Waals surface area contributed by atoms with Crippen LogP contribution in [0.3, 0.4) is 0 Å². The predicted molar refractivity (Wildman–Crippen MR) is 106 cm³/mol. The highest BCUT2D eigenvalue weighted by molar-refractivity contribution is 5.92. The number of fused-ring (bicyclic) bond motifs is 1. The van der Waals surface area contributed by atoms with Crippen LogP contribution in [0, 0.1) is 13.8 Å². The van der Waals surface area contributed by atoms with Crippen LogP contribution in [0.1, 0.15) is 11.1 Å². The zero-order valence-corrected chi connectivity index (χ0v) is 14.5. The van der Waals surface area contributed by atoms with Gasteiger partial charge in [-0.3, -0.25) is 0 Å². The molecule has 0 aliphatic carbocycles. The molecule has 0 radical (unpaired) electrons. The fourth-order valence-corrected chi connectivity index (χ4v) is 3.23. The van der Waals surface area contributed by atoms with Crippen molar-refractivity contribution in [3.8, 4) is 28.0 Å². The maximum atomic E-state index is 10.3. The number of phenols is 1. The standard InChI is InChI=1S/C24H20O/c1-16-7-8-20(13-17(16)2)18-9-11-19(12-10-18)22-14-21-5-3-4-6-23(21)24(25)15-22/h3-15,25H,1-2H3. The Morgan fingerprint density at radius 1 is 0.560 bits per heavy atom. The van der Waals surface area contributed by atoms with Crippen LogP contribution < -0.4 is 0 Å². The van der Waals surface area contributed by atoms with E-state index in [1.165, 1.54) is 22.3 Å². The first-order chi connectivity index (χ1) is 12.1. The van der Waals surface area contributed by atoms with Crippen LogP contribution in [0.4, 0.5) is 0 Å². The maximum Gasteiger partial charge on any atom is 0.124 e. The van der Waals surface area contributed by atoms with Crippen LogP contribution in [0.15, 0.2) is 78.9 Å². The molecule has 0 unspecified atom stereocenters. The number of phenolic OH excluding ortho intramolecular Hbond substituents is 1. The van der Waals surface area contributed by atoms with Gasteiger partial charge in [0.1, 0.15) is 5.75 Å².